The monoisotopic (exact) mass is 495 g/mol. The first-order valence-corrected chi connectivity index (χ1v) is 15.8. The first-order valence-electron chi connectivity index (χ1n) is 15.8. The van der Waals surface area contributed by atoms with Gasteiger partial charge in [0.15, 0.2) is 0 Å². The second kappa shape index (κ2) is 23.8. The smallest absolute Gasteiger partial charge is 0.306 e. The zero-order valence-electron chi connectivity index (χ0n) is 23.7. The predicted molar refractivity (Wildman–Crippen MR) is 150 cm³/mol. The van der Waals surface area contributed by atoms with Crippen molar-refractivity contribution >= 4 is 5.97 Å². The number of hydrogen-bond donors (Lipinski definition) is 2. The fourth-order valence-electron chi connectivity index (χ4n) is 5.39. The molecule has 4 heteroatoms. The lowest BCUT2D eigenvalue weighted by Gasteiger charge is -2.26. The Morgan fingerprint density at radius 2 is 1.31 bits per heavy atom. The maximum absolute atomic E-state index is 12.5. The normalized spacial score (nSPS) is 18.3. The number of ether oxygens (including phenoxy) is 1. The summed E-state index contributed by atoms with van der Waals surface area (Å²) in [5.41, 5.74) is 0. The number of aliphatic hydroxyl groups excluding tert-OH is 1. The van der Waals surface area contributed by atoms with Gasteiger partial charge in [-0.05, 0) is 70.8 Å². The van der Waals surface area contributed by atoms with Crippen LogP contribution in [0.3, 0.4) is 0 Å². The lowest BCUT2D eigenvalue weighted by atomic mass is 9.93. The highest BCUT2D eigenvalue weighted by molar-refractivity contribution is 5.69. The molecule has 0 aromatic carbocycles. The molecule has 1 saturated carbocycles. The molecule has 1 fully saturated rings. The standard InChI is InChI=1S/C31H61NO3/c1-3-5-7-9-12-16-23-30(24-17-13-10-8-6-4-2)35-31(34)25-18-14-11-15-19-26-32-28-21-20-22-29(33)27-28/h28-30,32-33H,3-27H2,1-2H3/t28-,29-/m0/s1. The number of carbonyl (C=O) groups excluding carboxylic acids is 1. The van der Waals surface area contributed by atoms with E-state index >= 15 is 0 Å². The lowest BCUT2D eigenvalue weighted by Crippen LogP contribution is -2.36. The number of rotatable bonds is 24. The van der Waals surface area contributed by atoms with Gasteiger partial charge >= 0.3 is 5.97 Å². The molecule has 0 aromatic heterocycles. The van der Waals surface area contributed by atoms with Crippen LogP contribution >= 0.6 is 0 Å². The van der Waals surface area contributed by atoms with Gasteiger partial charge in [0, 0.05) is 12.5 Å². The number of nitrogens with one attached hydrogen (secondary N) is 1. The minimum atomic E-state index is -0.0998. The van der Waals surface area contributed by atoms with Crippen molar-refractivity contribution in [3.05, 3.63) is 0 Å². The molecule has 1 rings (SSSR count). The molecule has 0 spiro atoms. The zero-order valence-corrected chi connectivity index (χ0v) is 23.7. The Morgan fingerprint density at radius 1 is 0.771 bits per heavy atom. The summed E-state index contributed by atoms with van der Waals surface area (Å²) in [4.78, 5) is 12.5. The number of esters is 1. The van der Waals surface area contributed by atoms with Gasteiger partial charge in [0.25, 0.3) is 0 Å². The highest BCUT2D eigenvalue weighted by Gasteiger charge is 2.19. The molecule has 1 aliphatic carbocycles. The maximum Gasteiger partial charge on any atom is 0.306 e. The summed E-state index contributed by atoms with van der Waals surface area (Å²) in [5, 5.41) is 13.4. The van der Waals surface area contributed by atoms with E-state index in [4.69, 9.17) is 4.74 Å². The van der Waals surface area contributed by atoms with Gasteiger partial charge < -0.3 is 15.2 Å². The van der Waals surface area contributed by atoms with E-state index in [1.807, 2.05) is 0 Å². The third-order valence-corrected chi connectivity index (χ3v) is 7.69. The minimum absolute atomic E-state index is 0.0319. The zero-order chi connectivity index (χ0) is 25.4. The predicted octanol–water partition coefficient (Wildman–Crippen LogP) is 8.63. The Balaban J connectivity index is 2.10. The Morgan fingerprint density at radius 3 is 1.91 bits per heavy atom. The Kier molecular flexibility index (Phi) is 22.0. The van der Waals surface area contributed by atoms with Crippen molar-refractivity contribution in [3.8, 4) is 0 Å². The van der Waals surface area contributed by atoms with E-state index in [0.717, 1.165) is 51.5 Å². The van der Waals surface area contributed by atoms with E-state index < -0.39 is 0 Å². The Hall–Kier alpha value is -0.610. The molecular weight excluding hydrogens is 434 g/mol. The van der Waals surface area contributed by atoms with Crippen LogP contribution in [0, 0.1) is 0 Å². The summed E-state index contributed by atoms with van der Waals surface area (Å²) in [7, 11) is 0. The van der Waals surface area contributed by atoms with Crippen molar-refractivity contribution in [3.63, 3.8) is 0 Å². The molecule has 0 unspecified atom stereocenters. The van der Waals surface area contributed by atoms with E-state index in [1.165, 1.54) is 103 Å². The molecule has 2 atom stereocenters. The molecule has 0 saturated heterocycles. The molecule has 0 amide bonds. The first-order chi connectivity index (χ1) is 17.2. The molecule has 208 valence electrons. The van der Waals surface area contributed by atoms with Crippen LogP contribution in [0.1, 0.15) is 168 Å². The second-order valence-corrected chi connectivity index (χ2v) is 11.2. The topological polar surface area (TPSA) is 58.6 Å². The molecule has 0 aliphatic heterocycles. The van der Waals surface area contributed by atoms with E-state index in [1.54, 1.807) is 0 Å². The summed E-state index contributed by atoms with van der Waals surface area (Å²) >= 11 is 0. The molecule has 35 heavy (non-hydrogen) atoms. The van der Waals surface area contributed by atoms with Crippen molar-refractivity contribution in [2.24, 2.45) is 0 Å². The average Bonchev–Trinajstić information content (AvgIpc) is 2.85. The Labute approximate surface area is 218 Å². The fourth-order valence-corrected chi connectivity index (χ4v) is 5.39. The fraction of sp³-hybridized carbons (Fsp3) is 0.968. The van der Waals surface area contributed by atoms with Gasteiger partial charge in [-0.25, -0.2) is 0 Å². The van der Waals surface area contributed by atoms with Crippen LogP contribution in [0.5, 0.6) is 0 Å². The van der Waals surface area contributed by atoms with Crippen LogP contribution in [0.4, 0.5) is 0 Å². The van der Waals surface area contributed by atoms with E-state index in [-0.39, 0.29) is 18.2 Å². The van der Waals surface area contributed by atoms with Gasteiger partial charge in [-0.3, -0.25) is 4.79 Å². The third kappa shape index (κ3) is 20.2. The van der Waals surface area contributed by atoms with Crippen LogP contribution in [0.2, 0.25) is 0 Å². The molecule has 0 bridgehead atoms. The van der Waals surface area contributed by atoms with Crippen molar-refractivity contribution in [1.82, 2.24) is 5.32 Å². The van der Waals surface area contributed by atoms with Gasteiger partial charge in [-0.15, -0.1) is 0 Å². The summed E-state index contributed by atoms with van der Waals surface area (Å²) in [6, 6.07) is 0.508. The largest absolute Gasteiger partial charge is 0.462 e. The summed E-state index contributed by atoms with van der Waals surface area (Å²) in [6.07, 6.45) is 28.2. The van der Waals surface area contributed by atoms with Gasteiger partial charge in [0.1, 0.15) is 6.10 Å². The molecule has 0 aromatic rings. The molecular formula is C31H61NO3. The van der Waals surface area contributed by atoms with Crippen molar-refractivity contribution < 1.29 is 14.6 Å². The van der Waals surface area contributed by atoms with E-state index in [9.17, 15) is 9.90 Å². The molecule has 4 nitrogen and oxygen atoms in total. The van der Waals surface area contributed by atoms with Gasteiger partial charge in [0.05, 0.1) is 6.10 Å². The van der Waals surface area contributed by atoms with Crippen LogP contribution in [0.25, 0.3) is 0 Å². The average molecular weight is 496 g/mol. The highest BCUT2D eigenvalue weighted by atomic mass is 16.5. The molecule has 2 N–H and O–H groups in total. The Bertz CT molecular complexity index is 454. The highest BCUT2D eigenvalue weighted by Crippen LogP contribution is 2.19. The van der Waals surface area contributed by atoms with Crippen LogP contribution < -0.4 is 5.32 Å². The minimum Gasteiger partial charge on any atom is -0.462 e. The van der Waals surface area contributed by atoms with Crippen molar-refractivity contribution in [1.29, 1.82) is 0 Å². The van der Waals surface area contributed by atoms with E-state index in [2.05, 4.69) is 19.2 Å². The van der Waals surface area contributed by atoms with Crippen molar-refractivity contribution in [2.45, 2.75) is 186 Å². The number of carbonyl (C=O) groups is 1. The second-order valence-electron chi connectivity index (χ2n) is 11.2. The number of hydrogen-bond acceptors (Lipinski definition) is 4. The van der Waals surface area contributed by atoms with Crippen LogP contribution in [-0.2, 0) is 9.53 Å². The van der Waals surface area contributed by atoms with Crippen LogP contribution in [0.15, 0.2) is 0 Å². The molecule has 1 aliphatic rings. The lowest BCUT2D eigenvalue weighted by molar-refractivity contribution is -0.150. The molecule has 0 radical (unpaired) electrons. The number of aliphatic hydroxyl groups is 1. The maximum atomic E-state index is 12.5. The van der Waals surface area contributed by atoms with Crippen LogP contribution in [-0.4, -0.2) is 35.9 Å². The van der Waals surface area contributed by atoms with Gasteiger partial charge in [-0.2, -0.15) is 0 Å². The van der Waals surface area contributed by atoms with E-state index in [0.29, 0.717) is 12.5 Å². The third-order valence-electron chi connectivity index (χ3n) is 7.69. The number of unbranched alkanes of at least 4 members (excludes halogenated alkanes) is 14. The first kappa shape index (κ1) is 32.4. The molecule has 0 heterocycles. The van der Waals surface area contributed by atoms with Crippen molar-refractivity contribution in [2.75, 3.05) is 6.54 Å². The SMILES string of the molecule is CCCCCCCCC(CCCCCCCC)OC(=O)CCCCCCCN[C@H]1CCC[C@H](O)C1. The quantitative estimate of drug-likeness (QED) is 0.104. The van der Waals surface area contributed by atoms with Gasteiger partial charge in [0.2, 0.25) is 0 Å². The summed E-state index contributed by atoms with van der Waals surface area (Å²) in [6.45, 7) is 5.58. The van der Waals surface area contributed by atoms with Gasteiger partial charge in [-0.1, -0.05) is 97.3 Å². The summed E-state index contributed by atoms with van der Waals surface area (Å²) < 4.78 is 5.96. The summed E-state index contributed by atoms with van der Waals surface area (Å²) in [5.74, 6) is 0.0319.